The van der Waals surface area contributed by atoms with E-state index in [1.54, 1.807) is 4.90 Å². The third-order valence-corrected chi connectivity index (χ3v) is 5.50. The van der Waals surface area contributed by atoms with Gasteiger partial charge in [-0.2, -0.15) is 0 Å². The van der Waals surface area contributed by atoms with E-state index < -0.39 is 10.0 Å². The van der Waals surface area contributed by atoms with Crippen molar-refractivity contribution in [2.75, 3.05) is 19.6 Å². The molecule has 1 fully saturated rings. The van der Waals surface area contributed by atoms with Gasteiger partial charge in [0.2, 0.25) is 21.8 Å². The van der Waals surface area contributed by atoms with Crippen LogP contribution >= 0.6 is 11.6 Å². The molecule has 1 saturated heterocycles. The number of sulfonamides is 1. The topological polar surface area (TPSA) is 95.6 Å². The SMILES string of the molecule is CC(=O)N1CC[C@H](NC(=O)CCNS(=O)(=O)c2ccc(Cl)cc2)C1. The lowest BCUT2D eigenvalue weighted by Gasteiger charge is -2.15. The Morgan fingerprint density at radius 1 is 1.29 bits per heavy atom. The summed E-state index contributed by atoms with van der Waals surface area (Å²) in [6.45, 7) is 2.62. The molecule has 0 aromatic heterocycles. The Bertz CT molecular complexity index is 706. The number of amides is 2. The first kappa shape index (κ1) is 18.7. The molecule has 1 aromatic rings. The number of rotatable bonds is 6. The fourth-order valence-electron chi connectivity index (χ4n) is 2.46. The van der Waals surface area contributed by atoms with Crippen molar-refractivity contribution in [2.24, 2.45) is 0 Å². The van der Waals surface area contributed by atoms with Crippen LogP contribution in [-0.2, 0) is 19.6 Å². The fourth-order valence-corrected chi connectivity index (χ4v) is 3.62. The number of hydrogen-bond acceptors (Lipinski definition) is 4. The molecule has 1 aliphatic rings. The number of carbonyl (C=O) groups excluding carboxylic acids is 2. The van der Waals surface area contributed by atoms with Crippen molar-refractivity contribution in [2.45, 2.75) is 30.7 Å². The molecule has 0 unspecified atom stereocenters. The lowest BCUT2D eigenvalue weighted by molar-refractivity contribution is -0.128. The zero-order valence-electron chi connectivity index (χ0n) is 13.3. The van der Waals surface area contributed by atoms with Gasteiger partial charge in [0.1, 0.15) is 0 Å². The number of benzene rings is 1. The summed E-state index contributed by atoms with van der Waals surface area (Å²) in [7, 11) is -3.66. The van der Waals surface area contributed by atoms with Crippen molar-refractivity contribution >= 4 is 33.4 Å². The van der Waals surface area contributed by atoms with Gasteiger partial charge in [0.25, 0.3) is 0 Å². The van der Waals surface area contributed by atoms with E-state index in [0.29, 0.717) is 24.5 Å². The minimum Gasteiger partial charge on any atom is -0.351 e. The Kier molecular flexibility index (Phi) is 6.20. The first-order valence-electron chi connectivity index (χ1n) is 7.58. The van der Waals surface area contributed by atoms with E-state index in [4.69, 9.17) is 11.6 Å². The van der Waals surface area contributed by atoms with Crippen molar-refractivity contribution in [1.82, 2.24) is 14.9 Å². The van der Waals surface area contributed by atoms with E-state index in [1.165, 1.54) is 31.2 Å². The fraction of sp³-hybridized carbons (Fsp3) is 0.467. The maximum atomic E-state index is 12.1. The van der Waals surface area contributed by atoms with Crippen molar-refractivity contribution in [3.05, 3.63) is 29.3 Å². The van der Waals surface area contributed by atoms with Gasteiger partial charge in [-0.3, -0.25) is 9.59 Å². The second-order valence-corrected chi connectivity index (χ2v) is 7.82. The van der Waals surface area contributed by atoms with Gasteiger partial charge < -0.3 is 10.2 Å². The molecule has 0 aliphatic carbocycles. The van der Waals surface area contributed by atoms with Crippen LogP contribution in [0.5, 0.6) is 0 Å². The molecule has 7 nitrogen and oxygen atoms in total. The lowest BCUT2D eigenvalue weighted by Crippen LogP contribution is -2.39. The predicted octanol–water partition coefficient (Wildman–Crippen LogP) is 0.745. The molecule has 0 spiro atoms. The van der Waals surface area contributed by atoms with Crippen LogP contribution in [-0.4, -0.2) is 50.8 Å². The van der Waals surface area contributed by atoms with E-state index in [9.17, 15) is 18.0 Å². The molecule has 0 saturated carbocycles. The highest BCUT2D eigenvalue weighted by atomic mass is 35.5. The maximum Gasteiger partial charge on any atom is 0.240 e. The van der Waals surface area contributed by atoms with Crippen LogP contribution in [0.1, 0.15) is 19.8 Å². The summed E-state index contributed by atoms with van der Waals surface area (Å²) >= 11 is 5.73. The summed E-state index contributed by atoms with van der Waals surface area (Å²) < 4.78 is 26.5. The van der Waals surface area contributed by atoms with Crippen LogP contribution in [0.2, 0.25) is 5.02 Å². The van der Waals surface area contributed by atoms with Crippen LogP contribution < -0.4 is 10.0 Å². The Morgan fingerprint density at radius 2 is 1.96 bits per heavy atom. The summed E-state index contributed by atoms with van der Waals surface area (Å²) in [6.07, 6.45) is 0.741. The van der Waals surface area contributed by atoms with Gasteiger partial charge in [0.05, 0.1) is 4.90 Å². The largest absolute Gasteiger partial charge is 0.351 e. The van der Waals surface area contributed by atoms with Gasteiger partial charge in [-0.05, 0) is 30.7 Å². The zero-order valence-corrected chi connectivity index (χ0v) is 14.9. The second kappa shape index (κ2) is 7.96. The first-order chi connectivity index (χ1) is 11.3. The molecule has 0 radical (unpaired) electrons. The summed E-state index contributed by atoms with van der Waals surface area (Å²) in [5.74, 6) is -0.258. The van der Waals surface area contributed by atoms with Crippen LogP contribution in [0.25, 0.3) is 0 Å². The molecule has 1 atom stereocenters. The zero-order chi connectivity index (χ0) is 17.7. The van der Waals surface area contributed by atoms with Crippen LogP contribution in [0.4, 0.5) is 0 Å². The van der Waals surface area contributed by atoms with Gasteiger partial charge in [-0.25, -0.2) is 13.1 Å². The van der Waals surface area contributed by atoms with Gasteiger partial charge in [0.15, 0.2) is 0 Å². The van der Waals surface area contributed by atoms with Crippen LogP contribution in [0, 0.1) is 0 Å². The van der Waals surface area contributed by atoms with E-state index in [1.807, 2.05) is 0 Å². The molecule has 0 bridgehead atoms. The predicted molar refractivity (Wildman–Crippen MR) is 90.1 cm³/mol. The minimum atomic E-state index is -3.66. The molecular weight excluding hydrogens is 354 g/mol. The molecule has 2 N–H and O–H groups in total. The average Bonchev–Trinajstić information content (AvgIpc) is 2.96. The molecule has 9 heteroatoms. The highest BCUT2D eigenvalue weighted by Crippen LogP contribution is 2.13. The third-order valence-electron chi connectivity index (χ3n) is 3.77. The molecule has 2 amide bonds. The number of likely N-dealkylation sites (tertiary alicyclic amines) is 1. The summed E-state index contributed by atoms with van der Waals surface area (Å²) in [5.41, 5.74) is 0. The van der Waals surface area contributed by atoms with Gasteiger partial charge in [0, 0.05) is 44.0 Å². The minimum absolute atomic E-state index is 0.0000638. The van der Waals surface area contributed by atoms with Crippen LogP contribution in [0.3, 0.4) is 0 Å². The smallest absolute Gasteiger partial charge is 0.240 e. The van der Waals surface area contributed by atoms with E-state index in [2.05, 4.69) is 10.0 Å². The first-order valence-corrected chi connectivity index (χ1v) is 9.44. The van der Waals surface area contributed by atoms with E-state index >= 15 is 0 Å². The average molecular weight is 374 g/mol. The highest BCUT2D eigenvalue weighted by molar-refractivity contribution is 7.89. The molecular formula is C15H20ClN3O4S. The number of nitrogens with one attached hydrogen (secondary N) is 2. The Labute approximate surface area is 146 Å². The van der Waals surface area contributed by atoms with Gasteiger partial charge in [-0.15, -0.1) is 0 Å². The Morgan fingerprint density at radius 3 is 2.54 bits per heavy atom. The van der Waals surface area contributed by atoms with E-state index in [0.717, 1.165) is 0 Å². The monoisotopic (exact) mass is 373 g/mol. The Hall–Kier alpha value is -1.64. The summed E-state index contributed by atoms with van der Waals surface area (Å²) in [6, 6.07) is 5.71. The number of hydrogen-bond donors (Lipinski definition) is 2. The van der Waals surface area contributed by atoms with Crippen molar-refractivity contribution in [1.29, 1.82) is 0 Å². The quantitative estimate of drug-likeness (QED) is 0.769. The number of carbonyl (C=O) groups is 2. The van der Waals surface area contributed by atoms with Gasteiger partial charge in [-0.1, -0.05) is 11.6 Å². The second-order valence-electron chi connectivity index (χ2n) is 5.62. The van der Waals surface area contributed by atoms with Crippen molar-refractivity contribution in [3.8, 4) is 0 Å². The van der Waals surface area contributed by atoms with Crippen LogP contribution in [0.15, 0.2) is 29.2 Å². The standard InChI is InChI=1S/C15H20ClN3O4S/c1-11(20)19-9-7-13(10-19)18-15(21)6-8-17-24(22,23)14-4-2-12(16)3-5-14/h2-5,13,17H,6-10H2,1H3,(H,18,21)/t13-/m0/s1. The van der Waals surface area contributed by atoms with Crippen molar-refractivity contribution in [3.63, 3.8) is 0 Å². The number of halogens is 1. The molecule has 1 aliphatic heterocycles. The molecule has 2 rings (SSSR count). The highest BCUT2D eigenvalue weighted by Gasteiger charge is 2.25. The Balaban J connectivity index is 1.76. The molecule has 24 heavy (non-hydrogen) atoms. The number of nitrogens with zero attached hydrogens (tertiary/aromatic N) is 1. The molecule has 1 heterocycles. The van der Waals surface area contributed by atoms with E-state index in [-0.39, 0.29) is 35.7 Å². The summed E-state index contributed by atoms with van der Waals surface area (Å²) in [4.78, 5) is 24.9. The molecule has 1 aromatic carbocycles. The normalized spacial score (nSPS) is 17.8. The molecule has 132 valence electrons. The summed E-state index contributed by atoms with van der Waals surface area (Å²) in [5, 5.41) is 3.26. The van der Waals surface area contributed by atoms with Gasteiger partial charge >= 0.3 is 0 Å². The van der Waals surface area contributed by atoms with Crippen molar-refractivity contribution < 1.29 is 18.0 Å². The maximum absolute atomic E-state index is 12.1. The lowest BCUT2D eigenvalue weighted by atomic mass is 10.2. The third kappa shape index (κ3) is 5.19.